The van der Waals surface area contributed by atoms with Crippen LogP contribution in [0.2, 0.25) is 0 Å². The lowest BCUT2D eigenvalue weighted by molar-refractivity contribution is 0.101. The van der Waals surface area contributed by atoms with Crippen molar-refractivity contribution in [2.75, 3.05) is 0 Å². The third-order valence-corrected chi connectivity index (χ3v) is 1.65. The third kappa shape index (κ3) is 1.70. The molecule has 12 heavy (non-hydrogen) atoms. The van der Waals surface area contributed by atoms with Gasteiger partial charge in [0.2, 0.25) is 6.54 Å². The molecule has 1 aromatic carbocycles. The predicted octanol–water partition coefficient (Wildman–Crippen LogP) is 2.31. The molecule has 60 valence electrons. The number of Topliss-reactive ketones (excluding diaryl/α,β-unsaturated/α-hetero) is 1. The summed E-state index contributed by atoms with van der Waals surface area (Å²) in [4.78, 5) is 14.3. The summed E-state index contributed by atoms with van der Waals surface area (Å²) in [6.45, 7) is 8.50. The lowest BCUT2D eigenvalue weighted by atomic mass is 10.1. The highest BCUT2D eigenvalue weighted by Crippen LogP contribution is 2.10. The molecule has 0 fully saturated rings. The van der Waals surface area contributed by atoms with E-state index in [2.05, 4.69) is 4.85 Å². The van der Waals surface area contributed by atoms with Crippen molar-refractivity contribution >= 4 is 5.78 Å². The maximum atomic E-state index is 11.0. The van der Waals surface area contributed by atoms with Crippen molar-refractivity contribution in [1.82, 2.24) is 0 Å². The standard InChI is InChI=1S/C10H9NO/c1-8(12)10-6-4-3-5-9(10)7-11-2/h3-6H,7H2,1H3. The molecule has 0 amide bonds. The molecule has 0 spiro atoms. The maximum absolute atomic E-state index is 11.0. The van der Waals surface area contributed by atoms with Gasteiger partial charge in [-0.3, -0.25) is 4.79 Å². The Morgan fingerprint density at radius 3 is 2.75 bits per heavy atom. The van der Waals surface area contributed by atoms with Crippen LogP contribution in [0.15, 0.2) is 24.3 Å². The van der Waals surface area contributed by atoms with Crippen LogP contribution in [-0.2, 0) is 6.54 Å². The van der Waals surface area contributed by atoms with Crippen molar-refractivity contribution in [3.8, 4) is 0 Å². The smallest absolute Gasteiger partial charge is 0.240 e. The average Bonchev–Trinajstić information content (AvgIpc) is 2.05. The van der Waals surface area contributed by atoms with Crippen LogP contribution in [0.5, 0.6) is 0 Å². The van der Waals surface area contributed by atoms with Gasteiger partial charge in [-0.2, -0.15) is 0 Å². The van der Waals surface area contributed by atoms with Crippen LogP contribution in [0.4, 0.5) is 0 Å². The molecule has 0 aromatic heterocycles. The molecule has 1 rings (SSSR count). The van der Waals surface area contributed by atoms with Crippen LogP contribution < -0.4 is 0 Å². The topological polar surface area (TPSA) is 21.4 Å². The predicted molar refractivity (Wildman–Crippen MR) is 46.8 cm³/mol. The molecule has 0 aliphatic heterocycles. The van der Waals surface area contributed by atoms with Crippen molar-refractivity contribution in [1.29, 1.82) is 0 Å². The summed E-state index contributed by atoms with van der Waals surface area (Å²) in [5, 5.41) is 0. The summed E-state index contributed by atoms with van der Waals surface area (Å²) in [6.07, 6.45) is 0. The van der Waals surface area contributed by atoms with Gasteiger partial charge in [-0.15, -0.1) is 0 Å². The van der Waals surface area contributed by atoms with Gasteiger partial charge in [0.05, 0.1) is 0 Å². The number of ketones is 1. The summed E-state index contributed by atoms with van der Waals surface area (Å²) >= 11 is 0. The highest BCUT2D eigenvalue weighted by atomic mass is 16.1. The van der Waals surface area contributed by atoms with E-state index in [9.17, 15) is 4.79 Å². The number of benzene rings is 1. The zero-order valence-corrected chi connectivity index (χ0v) is 6.87. The molecule has 0 N–H and O–H groups in total. The van der Waals surface area contributed by atoms with Crippen molar-refractivity contribution in [2.45, 2.75) is 13.5 Å². The summed E-state index contributed by atoms with van der Waals surface area (Å²) in [6, 6.07) is 7.22. The van der Waals surface area contributed by atoms with E-state index >= 15 is 0 Å². The highest BCUT2D eigenvalue weighted by Gasteiger charge is 2.06. The van der Waals surface area contributed by atoms with Gasteiger partial charge in [-0.1, -0.05) is 24.3 Å². The van der Waals surface area contributed by atoms with Crippen LogP contribution in [0.25, 0.3) is 4.85 Å². The molecule has 2 heteroatoms. The van der Waals surface area contributed by atoms with Crippen LogP contribution in [0.1, 0.15) is 22.8 Å². The SMILES string of the molecule is [C-]#[N+]Cc1ccccc1C(C)=O. The average molecular weight is 159 g/mol. The Balaban J connectivity index is 3.10. The van der Waals surface area contributed by atoms with Gasteiger partial charge in [-0.05, 0) is 6.92 Å². The molecular weight excluding hydrogens is 150 g/mol. The zero-order chi connectivity index (χ0) is 8.97. The number of hydrogen-bond donors (Lipinski definition) is 0. The van der Waals surface area contributed by atoms with Gasteiger partial charge in [0, 0.05) is 11.1 Å². The summed E-state index contributed by atoms with van der Waals surface area (Å²) in [7, 11) is 0. The number of hydrogen-bond acceptors (Lipinski definition) is 1. The lowest BCUT2D eigenvalue weighted by Gasteiger charge is -1.98. The van der Waals surface area contributed by atoms with Gasteiger partial charge < -0.3 is 4.85 Å². The molecule has 0 saturated heterocycles. The zero-order valence-electron chi connectivity index (χ0n) is 6.87. The summed E-state index contributed by atoms with van der Waals surface area (Å²) in [5.41, 5.74) is 1.48. The Morgan fingerprint density at radius 2 is 2.17 bits per heavy atom. The van der Waals surface area contributed by atoms with Crippen LogP contribution in [0.3, 0.4) is 0 Å². The van der Waals surface area contributed by atoms with E-state index in [0.717, 1.165) is 5.56 Å². The van der Waals surface area contributed by atoms with Gasteiger partial charge >= 0.3 is 0 Å². The Kier molecular flexibility index (Phi) is 2.60. The quantitative estimate of drug-likeness (QED) is 0.479. The number of carbonyl (C=O) groups is 1. The largest absolute Gasteiger partial charge is 0.312 e. The first-order valence-corrected chi connectivity index (χ1v) is 3.67. The number of rotatable bonds is 2. The van der Waals surface area contributed by atoms with E-state index < -0.39 is 0 Å². The van der Waals surface area contributed by atoms with Gasteiger partial charge in [0.15, 0.2) is 5.78 Å². The molecule has 0 radical (unpaired) electrons. The van der Waals surface area contributed by atoms with Crippen LogP contribution in [0, 0.1) is 6.57 Å². The molecule has 0 unspecified atom stereocenters. The van der Waals surface area contributed by atoms with E-state index in [1.54, 1.807) is 6.07 Å². The van der Waals surface area contributed by atoms with E-state index in [4.69, 9.17) is 6.57 Å². The molecule has 0 saturated carbocycles. The van der Waals surface area contributed by atoms with Gasteiger partial charge in [0.25, 0.3) is 0 Å². The van der Waals surface area contributed by atoms with Crippen LogP contribution >= 0.6 is 0 Å². The number of carbonyl (C=O) groups excluding carboxylic acids is 1. The second-order valence-corrected chi connectivity index (χ2v) is 2.53. The van der Waals surface area contributed by atoms with E-state index in [1.165, 1.54) is 6.92 Å². The first kappa shape index (κ1) is 8.48. The van der Waals surface area contributed by atoms with Crippen molar-refractivity contribution < 1.29 is 4.79 Å². The fraction of sp³-hybridized carbons (Fsp3) is 0.200. The molecule has 0 heterocycles. The molecule has 0 aliphatic rings. The molecule has 0 bridgehead atoms. The van der Waals surface area contributed by atoms with Crippen molar-refractivity contribution in [2.24, 2.45) is 0 Å². The number of nitrogens with zero attached hydrogens (tertiary/aromatic N) is 1. The third-order valence-electron chi connectivity index (χ3n) is 1.65. The van der Waals surface area contributed by atoms with Crippen LogP contribution in [-0.4, -0.2) is 5.78 Å². The lowest BCUT2D eigenvalue weighted by Crippen LogP contribution is -1.97. The van der Waals surface area contributed by atoms with E-state index in [0.29, 0.717) is 5.56 Å². The fourth-order valence-electron chi connectivity index (χ4n) is 1.09. The Bertz CT molecular complexity index is 336. The first-order chi connectivity index (χ1) is 5.75. The Morgan fingerprint density at radius 1 is 1.50 bits per heavy atom. The Hall–Kier alpha value is -1.62. The normalized spacial score (nSPS) is 9.00. The minimum atomic E-state index is 0.0225. The first-order valence-electron chi connectivity index (χ1n) is 3.67. The van der Waals surface area contributed by atoms with Gasteiger partial charge in [0.1, 0.15) is 0 Å². The second-order valence-electron chi connectivity index (χ2n) is 2.53. The minimum Gasteiger partial charge on any atom is -0.312 e. The summed E-state index contributed by atoms with van der Waals surface area (Å²) in [5.74, 6) is 0.0225. The second kappa shape index (κ2) is 3.68. The molecule has 2 nitrogen and oxygen atoms in total. The monoisotopic (exact) mass is 159 g/mol. The molecule has 0 aliphatic carbocycles. The van der Waals surface area contributed by atoms with Gasteiger partial charge in [-0.25, -0.2) is 6.57 Å². The van der Waals surface area contributed by atoms with Crippen molar-refractivity contribution in [3.05, 3.63) is 46.8 Å². The fourth-order valence-corrected chi connectivity index (χ4v) is 1.09. The summed E-state index contributed by atoms with van der Waals surface area (Å²) < 4.78 is 0. The Labute approximate surface area is 71.7 Å². The van der Waals surface area contributed by atoms with E-state index in [-0.39, 0.29) is 12.3 Å². The maximum Gasteiger partial charge on any atom is 0.240 e. The molecule has 0 atom stereocenters. The minimum absolute atomic E-state index is 0.0225. The van der Waals surface area contributed by atoms with Crippen molar-refractivity contribution in [3.63, 3.8) is 0 Å². The molecule has 1 aromatic rings. The molecular formula is C10H9NO. The van der Waals surface area contributed by atoms with E-state index in [1.807, 2.05) is 18.2 Å². The highest BCUT2D eigenvalue weighted by molar-refractivity contribution is 5.95.